The first-order valence-electron chi connectivity index (χ1n) is 4.30. The lowest BCUT2D eigenvalue weighted by Gasteiger charge is -2.28. The van der Waals surface area contributed by atoms with E-state index < -0.39 is 17.6 Å². The van der Waals surface area contributed by atoms with Gasteiger partial charge in [-0.2, -0.15) is 0 Å². The zero-order valence-corrected chi connectivity index (χ0v) is 8.03. The minimum Gasteiger partial charge on any atom is -0.480 e. The maximum atomic E-state index is 10.8. The second-order valence-corrected chi connectivity index (χ2v) is 3.04. The fraction of sp³-hybridized carbons (Fsp3) is 0.667. The van der Waals surface area contributed by atoms with Crippen LogP contribution in [-0.2, 0) is 4.79 Å². The molecule has 0 aliphatic heterocycles. The zero-order valence-electron chi connectivity index (χ0n) is 8.03. The lowest BCUT2D eigenvalue weighted by atomic mass is 9.88. The molecular weight excluding hydrogens is 170 g/mol. The van der Waals surface area contributed by atoms with Gasteiger partial charge in [0, 0.05) is 0 Å². The monoisotopic (exact) mass is 187 g/mol. The summed E-state index contributed by atoms with van der Waals surface area (Å²) < 4.78 is 0. The standard InChI is InChI=1S/C9H17NO3/c1-3-5-6-9(10,8(12)13)7(11)4-2/h3,5,7,11H,4,6,10H2,1-2H3,(H,12,13)/b5-3+/t7?,9-/m0/s1. The van der Waals surface area contributed by atoms with E-state index >= 15 is 0 Å². The predicted octanol–water partition coefficient (Wildman–Crippen LogP) is 0.506. The third-order valence-electron chi connectivity index (χ3n) is 2.07. The molecular formula is C9H17NO3. The lowest BCUT2D eigenvalue weighted by molar-refractivity contribution is -0.148. The fourth-order valence-corrected chi connectivity index (χ4v) is 1.04. The number of hydrogen-bond donors (Lipinski definition) is 3. The topological polar surface area (TPSA) is 83.6 Å². The third-order valence-corrected chi connectivity index (χ3v) is 2.07. The van der Waals surface area contributed by atoms with Crippen LogP contribution in [0, 0.1) is 0 Å². The summed E-state index contributed by atoms with van der Waals surface area (Å²) >= 11 is 0. The van der Waals surface area contributed by atoms with Crippen LogP contribution in [0.25, 0.3) is 0 Å². The first-order chi connectivity index (χ1) is 5.99. The number of carboxylic acid groups (broad SMARTS) is 1. The molecule has 2 atom stereocenters. The zero-order chi connectivity index (χ0) is 10.5. The second-order valence-electron chi connectivity index (χ2n) is 3.04. The maximum Gasteiger partial charge on any atom is 0.326 e. The van der Waals surface area contributed by atoms with Crippen molar-refractivity contribution >= 4 is 5.97 Å². The highest BCUT2D eigenvalue weighted by atomic mass is 16.4. The molecule has 0 saturated heterocycles. The minimum atomic E-state index is -1.55. The molecule has 1 unspecified atom stereocenters. The highest BCUT2D eigenvalue weighted by Gasteiger charge is 2.39. The summed E-state index contributed by atoms with van der Waals surface area (Å²) in [5.74, 6) is -1.17. The molecule has 0 heterocycles. The van der Waals surface area contributed by atoms with Crippen LogP contribution in [0.2, 0.25) is 0 Å². The molecule has 0 radical (unpaired) electrons. The van der Waals surface area contributed by atoms with Gasteiger partial charge < -0.3 is 15.9 Å². The number of aliphatic carboxylic acids is 1. The summed E-state index contributed by atoms with van der Waals surface area (Å²) in [6.45, 7) is 3.48. The summed E-state index contributed by atoms with van der Waals surface area (Å²) in [4.78, 5) is 10.8. The van der Waals surface area contributed by atoms with Crippen molar-refractivity contribution in [3.63, 3.8) is 0 Å². The molecule has 0 aromatic rings. The number of rotatable bonds is 5. The Balaban J connectivity index is 4.61. The number of nitrogens with two attached hydrogens (primary N) is 1. The smallest absolute Gasteiger partial charge is 0.326 e. The van der Waals surface area contributed by atoms with Crippen LogP contribution in [0.3, 0.4) is 0 Å². The lowest BCUT2D eigenvalue weighted by Crippen LogP contribution is -2.56. The summed E-state index contributed by atoms with van der Waals surface area (Å²) in [5.41, 5.74) is 4.03. The van der Waals surface area contributed by atoms with E-state index in [1.54, 1.807) is 26.0 Å². The molecule has 4 heteroatoms. The van der Waals surface area contributed by atoms with Crippen molar-refractivity contribution in [2.45, 2.75) is 38.3 Å². The van der Waals surface area contributed by atoms with Crippen molar-refractivity contribution < 1.29 is 15.0 Å². The first kappa shape index (κ1) is 12.1. The number of carboxylic acids is 1. The highest BCUT2D eigenvalue weighted by molar-refractivity contribution is 5.79. The molecule has 0 amide bonds. The Morgan fingerprint density at radius 2 is 2.23 bits per heavy atom. The Hall–Kier alpha value is -0.870. The number of aliphatic hydroxyl groups excluding tert-OH is 1. The summed E-state index contributed by atoms with van der Waals surface area (Å²) in [6.07, 6.45) is 2.83. The van der Waals surface area contributed by atoms with Crippen LogP contribution < -0.4 is 5.73 Å². The van der Waals surface area contributed by atoms with Gasteiger partial charge in [-0.25, -0.2) is 0 Å². The normalized spacial score (nSPS) is 18.5. The van der Waals surface area contributed by atoms with Crippen molar-refractivity contribution in [3.8, 4) is 0 Å². The van der Waals surface area contributed by atoms with Crippen LogP contribution >= 0.6 is 0 Å². The summed E-state index contributed by atoms with van der Waals surface area (Å²) in [5, 5.41) is 18.3. The van der Waals surface area contributed by atoms with Gasteiger partial charge in [0.1, 0.15) is 5.54 Å². The van der Waals surface area contributed by atoms with E-state index in [1.807, 2.05) is 0 Å². The van der Waals surface area contributed by atoms with E-state index in [2.05, 4.69) is 0 Å². The van der Waals surface area contributed by atoms with Gasteiger partial charge in [0.05, 0.1) is 6.10 Å². The SMILES string of the molecule is C/C=C/C[C@@](N)(C(=O)O)C(O)CC. The number of hydrogen-bond acceptors (Lipinski definition) is 3. The molecule has 0 rings (SSSR count). The third kappa shape index (κ3) is 2.82. The van der Waals surface area contributed by atoms with Crippen LogP contribution in [0.15, 0.2) is 12.2 Å². The van der Waals surface area contributed by atoms with Crippen molar-refractivity contribution in [1.82, 2.24) is 0 Å². The van der Waals surface area contributed by atoms with Gasteiger partial charge in [0.25, 0.3) is 0 Å². The minimum absolute atomic E-state index is 0.147. The van der Waals surface area contributed by atoms with Gasteiger partial charge >= 0.3 is 5.97 Å². The molecule has 0 aliphatic carbocycles. The average molecular weight is 187 g/mol. The summed E-state index contributed by atoms with van der Waals surface area (Å²) in [7, 11) is 0. The molecule has 0 bridgehead atoms. The van der Waals surface area contributed by atoms with Gasteiger partial charge in [-0.05, 0) is 19.8 Å². The van der Waals surface area contributed by atoms with Crippen LogP contribution in [0.5, 0.6) is 0 Å². The first-order valence-corrected chi connectivity index (χ1v) is 4.30. The van der Waals surface area contributed by atoms with Gasteiger partial charge in [0.2, 0.25) is 0 Å². The van der Waals surface area contributed by atoms with Crippen LogP contribution in [0.4, 0.5) is 0 Å². The van der Waals surface area contributed by atoms with Gasteiger partial charge in [0.15, 0.2) is 0 Å². The second kappa shape index (κ2) is 4.99. The van der Waals surface area contributed by atoms with Crippen molar-refractivity contribution in [2.24, 2.45) is 5.73 Å². The number of aliphatic hydroxyl groups is 1. The average Bonchev–Trinajstić information content (AvgIpc) is 2.12. The van der Waals surface area contributed by atoms with E-state index in [9.17, 15) is 9.90 Å². The predicted molar refractivity (Wildman–Crippen MR) is 50.3 cm³/mol. The number of carbonyl (C=O) groups is 1. The molecule has 0 saturated carbocycles. The molecule has 76 valence electrons. The molecule has 4 N–H and O–H groups in total. The van der Waals surface area contributed by atoms with E-state index in [0.717, 1.165) is 0 Å². The Labute approximate surface area is 78.1 Å². The van der Waals surface area contributed by atoms with E-state index in [4.69, 9.17) is 10.8 Å². The van der Waals surface area contributed by atoms with E-state index in [1.165, 1.54) is 0 Å². The molecule has 13 heavy (non-hydrogen) atoms. The molecule has 0 fully saturated rings. The molecule has 0 aliphatic rings. The van der Waals surface area contributed by atoms with Gasteiger partial charge in [-0.15, -0.1) is 0 Å². The fourth-order valence-electron chi connectivity index (χ4n) is 1.04. The Morgan fingerprint density at radius 3 is 2.54 bits per heavy atom. The van der Waals surface area contributed by atoms with Gasteiger partial charge in [-0.1, -0.05) is 19.1 Å². The molecule has 0 aromatic carbocycles. The Morgan fingerprint density at radius 1 is 1.69 bits per heavy atom. The van der Waals surface area contributed by atoms with E-state index in [0.29, 0.717) is 6.42 Å². The summed E-state index contributed by atoms with van der Waals surface area (Å²) in [6, 6.07) is 0. The molecule has 0 spiro atoms. The van der Waals surface area contributed by atoms with Crippen molar-refractivity contribution in [1.29, 1.82) is 0 Å². The quantitative estimate of drug-likeness (QED) is 0.547. The largest absolute Gasteiger partial charge is 0.480 e. The van der Waals surface area contributed by atoms with Crippen molar-refractivity contribution in [2.75, 3.05) is 0 Å². The molecule has 0 aromatic heterocycles. The van der Waals surface area contributed by atoms with Crippen molar-refractivity contribution in [3.05, 3.63) is 12.2 Å². The van der Waals surface area contributed by atoms with E-state index in [-0.39, 0.29) is 6.42 Å². The Kier molecular flexibility index (Phi) is 4.66. The van der Waals surface area contributed by atoms with Crippen LogP contribution in [0.1, 0.15) is 26.7 Å². The Bertz CT molecular complexity index is 203. The highest BCUT2D eigenvalue weighted by Crippen LogP contribution is 2.16. The van der Waals surface area contributed by atoms with Gasteiger partial charge in [-0.3, -0.25) is 4.79 Å². The maximum absolute atomic E-state index is 10.8. The molecule has 4 nitrogen and oxygen atoms in total. The van der Waals surface area contributed by atoms with Crippen LogP contribution in [-0.4, -0.2) is 27.8 Å². The number of allylic oxidation sites excluding steroid dienone is 1.